The van der Waals surface area contributed by atoms with Crippen molar-refractivity contribution in [2.75, 3.05) is 39.0 Å². The molecule has 0 saturated carbocycles. The fourth-order valence-electron chi connectivity index (χ4n) is 5.87. The van der Waals surface area contributed by atoms with Crippen LogP contribution in [-0.2, 0) is 38.8 Å². The van der Waals surface area contributed by atoms with E-state index < -0.39 is 72.3 Å². The molecule has 0 fully saturated rings. The Morgan fingerprint density at radius 1 is 0.945 bits per heavy atom. The van der Waals surface area contributed by atoms with Gasteiger partial charge in [0, 0.05) is 25.5 Å². The maximum Gasteiger partial charge on any atom is 0.389 e. The number of ether oxygens (including phenoxy) is 3. The molecule has 5 aromatic rings. The topological polar surface area (TPSA) is 326 Å². The smallest absolute Gasteiger partial charge is 0.389 e. The summed E-state index contributed by atoms with van der Waals surface area (Å²) in [4.78, 5) is 72.3. The molecular weight excluding hydrogens is 1100 g/mol. The van der Waals surface area contributed by atoms with Crippen LogP contribution in [0, 0.1) is 19.3 Å². The largest absolute Gasteiger partial charge is 0.494 e. The fourth-order valence-corrected chi connectivity index (χ4v) is 8.43. The van der Waals surface area contributed by atoms with Crippen LogP contribution in [0.4, 0.5) is 23.9 Å². The number of methoxy groups -OCH3 is 2. The van der Waals surface area contributed by atoms with Crippen molar-refractivity contribution >= 4 is 87.9 Å². The Morgan fingerprint density at radius 2 is 1.62 bits per heavy atom. The molecule has 0 saturated heterocycles. The van der Waals surface area contributed by atoms with Crippen molar-refractivity contribution in [2.24, 2.45) is 0 Å². The molecule has 7 N–H and O–H groups in total. The second-order valence-electron chi connectivity index (χ2n) is 14.3. The summed E-state index contributed by atoms with van der Waals surface area (Å²) in [5.74, 6) is 1.24. The molecule has 1 aliphatic rings. The molecule has 0 atom stereocenters. The number of aliphatic carboxylic acids is 1. The Labute approximate surface area is 433 Å². The number of alkyl halides is 3. The minimum Gasteiger partial charge on any atom is -0.494 e. The molecule has 2 aromatic heterocycles. The van der Waals surface area contributed by atoms with Crippen molar-refractivity contribution in [2.45, 2.75) is 56.6 Å². The molecule has 0 spiro atoms. The monoisotopic (exact) mass is 1150 g/mol. The van der Waals surface area contributed by atoms with E-state index in [-0.39, 0.29) is 57.0 Å². The van der Waals surface area contributed by atoms with Crippen molar-refractivity contribution in [3.8, 4) is 35.5 Å². The lowest BCUT2D eigenvalue weighted by Crippen LogP contribution is -2.35. The zero-order valence-electron chi connectivity index (χ0n) is 38.1. The number of carbonyl (C=O) groups is 3. The van der Waals surface area contributed by atoms with E-state index in [0.29, 0.717) is 28.0 Å². The van der Waals surface area contributed by atoms with Gasteiger partial charge in [0.2, 0.25) is 5.95 Å². The van der Waals surface area contributed by atoms with Crippen LogP contribution in [-0.4, -0.2) is 116 Å². The van der Waals surface area contributed by atoms with Crippen LogP contribution in [0.2, 0.25) is 20.1 Å². The number of sulfonamides is 1. The summed E-state index contributed by atoms with van der Waals surface area (Å²) in [6, 6.07) is 9.81. The zero-order valence-corrected chi connectivity index (χ0v) is 42.9. The maximum absolute atomic E-state index is 12.5. The number of rotatable bonds is 15. The number of carbonyl (C=O) groups excluding carboxylic acids is 1. The van der Waals surface area contributed by atoms with Gasteiger partial charge in [-0.25, -0.2) is 27.5 Å². The Kier molecular flexibility index (Phi) is 23.2. The van der Waals surface area contributed by atoms with Crippen LogP contribution < -0.4 is 35.3 Å². The maximum atomic E-state index is 12.5. The van der Waals surface area contributed by atoms with E-state index >= 15 is 0 Å². The van der Waals surface area contributed by atoms with E-state index in [1.165, 1.54) is 62.2 Å². The predicted molar refractivity (Wildman–Crippen MR) is 259 cm³/mol. The molecule has 0 radical (unpaired) electrons. The van der Waals surface area contributed by atoms with E-state index in [4.69, 9.17) is 87.0 Å². The number of urea groups is 1. The Bertz CT molecular complexity index is 3050. The number of benzene rings is 3. The number of carboxylic acids is 2. The van der Waals surface area contributed by atoms with Crippen LogP contribution in [0.1, 0.15) is 46.8 Å². The first-order valence-corrected chi connectivity index (χ1v) is 25.1. The number of hydrogen-bond acceptors (Lipinski definition) is 15. The molecule has 32 heteroatoms. The first kappa shape index (κ1) is 61.1. The summed E-state index contributed by atoms with van der Waals surface area (Å²) in [7, 11) is -5.90. The third-order valence-corrected chi connectivity index (χ3v) is 12.2. The second kappa shape index (κ2) is 27.7. The Balaban J connectivity index is 0.000000276. The van der Waals surface area contributed by atoms with Gasteiger partial charge in [-0.05, 0) is 56.0 Å². The molecule has 396 valence electrons. The number of anilines is 1. The summed E-state index contributed by atoms with van der Waals surface area (Å²) in [5, 5.41) is 26.3. The average molecular weight is 1150 g/mol. The van der Waals surface area contributed by atoms with E-state index in [2.05, 4.69) is 36.6 Å². The number of aryl methyl sites for hydroxylation is 3. The van der Waals surface area contributed by atoms with Gasteiger partial charge in [0.05, 0.1) is 57.7 Å². The summed E-state index contributed by atoms with van der Waals surface area (Å²) in [5.41, 5.74) is 0.0428. The molecule has 0 unspecified atom stereocenters. The number of hydrogen-bond donors (Lipinski definition) is 7. The van der Waals surface area contributed by atoms with Gasteiger partial charge in [0.25, 0.3) is 10.0 Å². The van der Waals surface area contributed by atoms with Gasteiger partial charge >= 0.3 is 43.4 Å². The lowest BCUT2D eigenvalue weighted by Gasteiger charge is -2.13. The zero-order chi connectivity index (χ0) is 54.8. The van der Waals surface area contributed by atoms with E-state index in [1.807, 2.05) is 0 Å². The highest BCUT2D eigenvalue weighted by Crippen LogP contribution is 2.35. The first-order chi connectivity index (χ1) is 34.1. The van der Waals surface area contributed by atoms with Gasteiger partial charge in [-0.15, -0.1) is 11.5 Å². The lowest BCUT2D eigenvalue weighted by atomic mass is 10.1. The van der Waals surface area contributed by atoms with Crippen LogP contribution in [0.25, 0.3) is 5.69 Å². The summed E-state index contributed by atoms with van der Waals surface area (Å²) in [6.07, 6.45) is 1.18. The van der Waals surface area contributed by atoms with Crippen molar-refractivity contribution in [3.05, 3.63) is 102 Å². The highest BCUT2D eigenvalue weighted by atomic mass is 35.5. The fraction of sp³-hybridized carbons (Fsp3) is 0.317. The minimum atomic E-state index is -4.45. The third-order valence-electron chi connectivity index (χ3n) is 8.88. The molecule has 3 heterocycles. The number of aromatic nitrogens is 6. The van der Waals surface area contributed by atoms with E-state index in [9.17, 15) is 45.3 Å². The van der Waals surface area contributed by atoms with Crippen LogP contribution in [0.3, 0.4) is 0 Å². The van der Waals surface area contributed by atoms with Gasteiger partial charge in [-0.2, -0.15) is 32.8 Å². The summed E-state index contributed by atoms with van der Waals surface area (Å²) < 4.78 is 92.0. The van der Waals surface area contributed by atoms with Crippen molar-refractivity contribution in [1.82, 2.24) is 39.3 Å². The normalized spacial score (nSPS) is 11.9. The van der Waals surface area contributed by atoms with Crippen LogP contribution in [0.5, 0.6) is 17.5 Å². The number of amides is 2. The van der Waals surface area contributed by atoms with E-state index in [1.54, 1.807) is 15.4 Å². The highest BCUT2D eigenvalue weighted by molar-refractivity contribution is 7.90. The number of terminal acetylenes is 1. The molecule has 3 aromatic carbocycles. The number of carboxylic acid groups (broad SMARTS) is 2. The van der Waals surface area contributed by atoms with Gasteiger partial charge < -0.3 is 34.2 Å². The van der Waals surface area contributed by atoms with Crippen molar-refractivity contribution in [1.29, 1.82) is 0 Å². The second-order valence-corrected chi connectivity index (χ2v) is 19.2. The van der Waals surface area contributed by atoms with Crippen molar-refractivity contribution in [3.63, 3.8) is 0 Å². The number of nitrogens with one attached hydrogen (secondary N) is 3. The number of nitrogens with zero attached hydrogens (tertiary/aromatic N) is 6. The third kappa shape index (κ3) is 19.6. The van der Waals surface area contributed by atoms with Crippen LogP contribution in [0.15, 0.2) is 58.2 Å². The van der Waals surface area contributed by atoms with Crippen molar-refractivity contribution < 1.29 is 74.7 Å². The first-order valence-electron chi connectivity index (χ1n) is 20.3. The molecule has 1 aliphatic heterocycles. The number of halogens is 7. The average Bonchev–Trinajstić information content (AvgIpc) is 3.63. The lowest BCUT2D eigenvalue weighted by molar-refractivity contribution is -0.136. The molecular formula is C41H43Cl4F3N9O14PS. The van der Waals surface area contributed by atoms with E-state index in [0.717, 1.165) is 31.2 Å². The Hall–Kier alpha value is -6.21. The standard InChI is InChI=1S/C15H13Cl2N3O2.C15H16F3N5O4S.C8H6Cl2O3.C3H8NO5P/c1-2-7-22-13-9-12(10(16)8-11(13)17)20-15(21)19-6-4-3-5-14(19)18-20;1-9-19-12(22-14(20-9)27-2)21-13(24)23-28(25,26)11-6-4-3-5-10(11)7-8-15(16,17)18;1-13-7-5(10)3-2-4(9)6(7)8(11)12;5-3(6)1-4-2-10(7,8)9/h1,8-9H,3-7H2;3-6H,7-8H2,1-2H3,(H2,19,20,21,22,23,24);2-3H,1H3,(H,11,12);4H,1-2H2,(H,5,6)(H2,7,8,9). The molecule has 0 bridgehead atoms. The molecule has 23 nitrogen and oxygen atoms in total. The number of aromatic carboxylic acids is 1. The van der Waals surface area contributed by atoms with Crippen LogP contribution >= 0.6 is 54.0 Å². The highest BCUT2D eigenvalue weighted by Gasteiger charge is 2.29. The molecule has 73 heavy (non-hydrogen) atoms. The molecule has 2 amide bonds. The van der Waals surface area contributed by atoms with Gasteiger partial charge in [0.15, 0.2) is 5.75 Å². The summed E-state index contributed by atoms with van der Waals surface area (Å²) in [6.45, 7) is 1.82. The molecule has 6 rings (SSSR count). The molecule has 0 aliphatic carbocycles. The van der Waals surface area contributed by atoms with Gasteiger partial charge in [-0.3, -0.25) is 24.6 Å². The SMILES string of the molecule is C#CCOc1cc(-n2nc3n(c2=O)CCCC3)c(Cl)cc1Cl.COc1c(Cl)ccc(Cl)c1C(=O)O.COc1nc(C)nc(NC(=O)NS(=O)(=O)c2ccccc2CCC(F)(F)F)n1.O=C(O)CNCP(=O)(O)O. The Morgan fingerprint density at radius 3 is 2.19 bits per heavy atom. The minimum absolute atomic E-state index is 0.0715. The van der Waals surface area contributed by atoms with Gasteiger partial charge in [0.1, 0.15) is 29.6 Å². The number of fused-ring (bicyclic) bond motifs is 1. The quantitative estimate of drug-likeness (QED) is 0.0442. The van der Waals surface area contributed by atoms with Gasteiger partial charge in [-0.1, -0.05) is 70.5 Å². The predicted octanol–water partition coefficient (Wildman–Crippen LogP) is 6.38. The summed E-state index contributed by atoms with van der Waals surface area (Å²) >= 11 is 23.6.